The second kappa shape index (κ2) is 5.64. The number of halogens is 3. The van der Waals surface area contributed by atoms with E-state index in [1.807, 2.05) is 0 Å². The van der Waals surface area contributed by atoms with Crippen molar-refractivity contribution in [1.82, 2.24) is 9.71 Å². The monoisotopic (exact) mass is 355 g/mol. The Labute approximate surface area is 130 Å². The maximum atomic E-state index is 12.6. The van der Waals surface area contributed by atoms with Crippen LogP contribution in [0.3, 0.4) is 0 Å². The van der Waals surface area contributed by atoms with Gasteiger partial charge in [0.15, 0.2) is 10.8 Å². The number of sulfonamides is 1. The van der Waals surface area contributed by atoms with Gasteiger partial charge in [-0.1, -0.05) is 0 Å². The van der Waals surface area contributed by atoms with Gasteiger partial charge in [0.2, 0.25) is 10.0 Å². The van der Waals surface area contributed by atoms with E-state index < -0.39 is 21.9 Å². The topological polar surface area (TPSA) is 62.3 Å². The minimum Gasteiger partial charge on any atom is -0.346 e. The lowest BCUT2D eigenvalue weighted by molar-refractivity contribution is -0.140. The molecule has 2 heterocycles. The van der Waals surface area contributed by atoms with Crippen LogP contribution in [0.15, 0.2) is 5.38 Å². The third kappa shape index (κ3) is 3.54. The van der Waals surface area contributed by atoms with Gasteiger partial charge in [-0.05, 0) is 25.7 Å². The summed E-state index contributed by atoms with van der Waals surface area (Å²) in [6.07, 6.45) is -1.66. The molecule has 1 atom stereocenters. The third-order valence-electron chi connectivity index (χ3n) is 3.77. The maximum Gasteiger partial charge on any atom is 0.434 e. The van der Waals surface area contributed by atoms with Crippen molar-refractivity contribution < 1.29 is 21.6 Å². The molecule has 0 radical (unpaired) electrons. The molecule has 1 saturated heterocycles. The smallest absolute Gasteiger partial charge is 0.346 e. The molecule has 0 amide bonds. The first-order valence-corrected chi connectivity index (χ1v) is 9.47. The van der Waals surface area contributed by atoms with E-state index in [4.69, 9.17) is 0 Å². The molecule has 0 aromatic carbocycles. The van der Waals surface area contributed by atoms with Crippen molar-refractivity contribution in [3.8, 4) is 0 Å². The molecule has 5 nitrogen and oxygen atoms in total. The molecule has 124 valence electrons. The SMILES string of the molecule is O=S(=O)(NC1CCCN(c2nc(C(F)(F)F)cs2)C1)C1CC1. The van der Waals surface area contributed by atoms with E-state index in [-0.39, 0.29) is 11.3 Å². The van der Waals surface area contributed by atoms with Gasteiger partial charge in [-0.2, -0.15) is 13.2 Å². The molecule has 1 unspecified atom stereocenters. The van der Waals surface area contributed by atoms with Crippen LogP contribution in [0.4, 0.5) is 18.3 Å². The van der Waals surface area contributed by atoms with E-state index in [1.165, 1.54) is 0 Å². The second-order valence-electron chi connectivity index (χ2n) is 5.66. The predicted octanol–water partition coefficient (Wildman–Crippen LogP) is 2.21. The third-order valence-corrected chi connectivity index (χ3v) is 6.68. The summed E-state index contributed by atoms with van der Waals surface area (Å²) in [6.45, 7) is 0.948. The van der Waals surface area contributed by atoms with Crippen LogP contribution in [-0.4, -0.2) is 37.8 Å². The zero-order valence-corrected chi connectivity index (χ0v) is 13.3. The second-order valence-corrected chi connectivity index (χ2v) is 8.49. The molecule has 1 aliphatic heterocycles. The zero-order chi connectivity index (χ0) is 16.0. The number of thiazole rings is 1. The Kier molecular flexibility index (Phi) is 4.11. The van der Waals surface area contributed by atoms with E-state index in [1.54, 1.807) is 4.90 Å². The molecule has 22 heavy (non-hydrogen) atoms. The summed E-state index contributed by atoms with van der Waals surface area (Å²) in [7, 11) is -3.28. The first-order valence-electron chi connectivity index (χ1n) is 7.04. The van der Waals surface area contributed by atoms with E-state index in [9.17, 15) is 21.6 Å². The van der Waals surface area contributed by atoms with Crippen LogP contribution < -0.4 is 9.62 Å². The number of piperidine rings is 1. The van der Waals surface area contributed by atoms with Crippen LogP contribution in [0.25, 0.3) is 0 Å². The van der Waals surface area contributed by atoms with Gasteiger partial charge >= 0.3 is 6.18 Å². The molecule has 2 aliphatic rings. The highest BCUT2D eigenvalue weighted by Gasteiger charge is 2.38. The van der Waals surface area contributed by atoms with E-state index in [0.29, 0.717) is 37.5 Å². The van der Waals surface area contributed by atoms with Crippen LogP contribution in [0.2, 0.25) is 0 Å². The highest BCUT2D eigenvalue weighted by atomic mass is 32.2. The first-order chi connectivity index (χ1) is 10.3. The zero-order valence-electron chi connectivity index (χ0n) is 11.6. The molecule has 1 N–H and O–H groups in total. The summed E-state index contributed by atoms with van der Waals surface area (Å²) in [5.41, 5.74) is -0.895. The number of nitrogens with zero attached hydrogens (tertiary/aromatic N) is 2. The summed E-state index contributed by atoms with van der Waals surface area (Å²) in [5, 5.41) is 0.995. The fourth-order valence-corrected chi connectivity index (χ4v) is 4.97. The van der Waals surface area contributed by atoms with Crippen molar-refractivity contribution in [2.45, 2.75) is 43.2 Å². The highest BCUT2D eigenvalue weighted by Crippen LogP contribution is 2.34. The van der Waals surface area contributed by atoms with Crippen LogP contribution in [0.5, 0.6) is 0 Å². The van der Waals surface area contributed by atoms with Crippen molar-refractivity contribution in [2.75, 3.05) is 18.0 Å². The van der Waals surface area contributed by atoms with Gasteiger partial charge in [0.05, 0.1) is 5.25 Å². The Morgan fingerprint density at radius 1 is 1.32 bits per heavy atom. The van der Waals surface area contributed by atoms with Crippen LogP contribution in [0.1, 0.15) is 31.4 Å². The van der Waals surface area contributed by atoms with Gasteiger partial charge in [-0.15, -0.1) is 11.3 Å². The molecule has 0 spiro atoms. The number of rotatable bonds is 4. The normalized spacial score (nSPS) is 23.8. The average molecular weight is 355 g/mol. The Bertz CT molecular complexity index is 640. The molecule has 3 rings (SSSR count). The highest BCUT2D eigenvalue weighted by molar-refractivity contribution is 7.90. The lowest BCUT2D eigenvalue weighted by Gasteiger charge is -2.32. The Hall–Kier alpha value is -0.870. The maximum absolute atomic E-state index is 12.6. The standard InChI is InChI=1S/C12H16F3N3O2S2/c13-12(14,15)10-7-21-11(16-10)18-5-1-2-8(6-18)17-22(19,20)9-3-4-9/h7-9,17H,1-6H2. The van der Waals surface area contributed by atoms with Crippen molar-refractivity contribution >= 4 is 26.5 Å². The summed E-state index contributed by atoms with van der Waals surface area (Å²) < 4.78 is 64.4. The van der Waals surface area contributed by atoms with Crippen molar-refractivity contribution in [3.63, 3.8) is 0 Å². The van der Waals surface area contributed by atoms with Gasteiger partial charge in [0.25, 0.3) is 0 Å². The van der Waals surface area contributed by atoms with Gasteiger partial charge in [-0.3, -0.25) is 0 Å². The van der Waals surface area contributed by atoms with Crippen molar-refractivity contribution in [1.29, 1.82) is 0 Å². The van der Waals surface area contributed by atoms with E-state index in [0.717, 1.165) is 23.1 Å². The predicted molar refractivity (Wildman–Crippen MR) is 77.4 cm³/mol. The molecule has 1 aromatic heterocycles. The largest absolute Gasteiger partial charge is 0.434 e. The Morgan fingerprint density at radius 3 is 2.64 bits per heavy atom. The van der Waals surface area contributed by atoms with Gasteiger partial charge in [0, 0.05) is 24.5 Å². The number of alkyl halides is 3. The molecule has 1 saturated carbocycles. The van der Waals surface area contributed by atoms with Crippen molar-refractivity contribution in [2.24, 2.45) is 0 Å². The molecular weight excluding hydrogens is 339 g/mol. The summed E-state index contributed by atoms with van der Waals surface area (Å²) >= 11 is 0.939. The van der Waals surface area contributed by atoms with E-state index >= 15 is 0 Å². The number of aromatic nitrogens is 1. The molecule has 2 fully saturated rings. The Balaban J connectivity index is 1.66. The van der Waals surface area contributed by atoms with Crippen LogP contribution in [-0.2, 0) is 16.2 Å². The average Bonchev–Trinajstić information content (AvgIpc) is 3.15. The molecule has 1 aliphatic carbocycles. The first kappa shape index (κ1) is 16.0. The fraction of sp³-hybridized carbons (Fsp3) is 0.750. The molecule has 1 aromatic rings. The number of hydrogen-bond acceptors (Lipinski definition) is 5. The Morgan fingerprint density at radius 2 is 2.05 bits per heavy atom. The lowest BCUT2D eigenvalue weighted by Crippen LogP contribution is -2.48. The van der Waals surface area contributed by atoms with Crippen LogP contribution in [0, 0.1) is 0 Å². The van der Waals surface area contributed by atoms with Gasteiger partial charge in [-0.25, -0.2) is 18.1 Å². The fourth-order valence-electron chi connectivity index (χ4n) is 2.49. The quantitative estimate of drug-likeness (QED) is 0.900. The molecule has 0 bridgehead atoms. The number of nitrogens with one attached hydrogen (secondary N) is 1. The number of hydrogen-bond donors (Lipinski definition) is 1. The van der Waals surface area contributed by atoms with Crippen LogP contribution >= 0.6 is 11.3 Å². The summed E-state index contributed by atoms with van der Waals surface area (Å²) in [4.78, 5) is 5.35. The number of anilines is 1. The summed E-state index contributed by atoms with van der Waals surface area (Å²) in [5.74, 6) is 0. The summed E-state index contributed by atoms with van der Waals surface area (Å²) in [6, 6.07) is -0.266. The van der Waals surface area contributed by atoms with Crippen molar-refractivity contribution in [3.05, 3.63) is 11.1 Å². The lowest BCUT2D eigenvalue weighted by atomic mass is 10.1. The van der Waals surface area contributed by atoms with Gasteiger partial charge < -0.3 is 4.90 Å². The van der Waals surface area contributed by atoms with Gasteiger partial charge in [0.1, 0.15) is 0 Å². The minimum atomic E-state index is -4.45. The molecular formula is C12H16F3N3O2S2. The minimum absolute atomic E-state index is 0.266. The molecule has 10 heteroatoms. The van der Waals surface area contributed by atoms with E-state index in [2.05, 4.69) is 9.71 Å².